The van der Waals surface area contributed by atoms with Gasteiger partial charge in [-0.3, -0.25) is 15.1 Å². The van der Waals surface area contributed by atoms with Crippen molar-refractivity contribution in [3.8, 4) is 11.4 Å². The molecule has 0 amide bonds. The number of non-ortho nitro benzene ring substituents is 1. The summed E-state index contributed by atoms with van der Waals surface area (Å²) >= 11 is 0. The van der Waals surface area contributed by atoms with E-state index in [1.807, 2.05) is 30.3 Å². The SMILES string of the molecule is Nc1cccc2nc(-c3cccnc3)nc(Cc3cccc([N+](=O)[O-])c3)c12. The molecule has 2 aromatic carbocycles. The van der Waals surface area contributed by atoms with Gasteiger partial charge in [-0.1, -0.05) is 18.2 Å². The molecule has 7 heteroatoms. The van der Waals surface area contributed by atoms with Gasteiger partial charge in [-0.25, -0.2) is 9.97 Å². The molecule has 0 aliphatic carbocycles. The van der Waals surface area contributed by atoms with E-state index >= 15 is 0 Å². The van der Waals surface area contributed by atoms with E-state index in [0.29, 0.717) is 17.9 Å². The van der Waals surface area contributed by atoms with Gasteiger partial charge >= 0.3 is 0 Å². The zero-order chi connectivity index (χ0) is 18.8. The number of hydrogen-bond donors (Lipinski definition) is 1. The average molecular weight is 357 g/mol. The lowest BCUT2D eigenvalue weighted by atomic mass is 10.0. The first kappa shape index (κ1) is 16.6. The van der Waals surface area contributed by atoms with Crippen molar-refractivity contribution in [1.82, 2.24) is 15.0 Å². The summed E-state index contributed by atoms with van der Waals surface area (Å²) in [6.45, 7) is 0. The summed E-state index contributed by atoms with van der Waals surface area (Å²) in [5.74, 6) is 0.543. The molecule has 0 radical (unpaired) electrons. The Morgan fingerprint density at radius 3 is 2.67 bits per heavy atom. The molecule has 4 aromatic rings. The Labute approximate surface area is 154 Å². The first-order chi connectivity index (χ1) is 13.1. The van der Waals surface area contributed by atoms with Crippen LogP contribution in [0.15, 0.2) is 67.0 Å². The van der Waals surface area contributed by atoms with Crippen molar-refractivity contribution in [1.29, 1.82) is 0 Å². The predicted molar refractivity (Wildman–Crippen MR) is 103 cm³/mol. The Morgan fingerprint density at radius 1 is 1.04 bits per heavy atom. The summed E-state index contributed by atoms with van der Waals surface area (Å²) in [4.78, 5) is 24.1. The summed E-state index contributed by atoms with van der Waals surface area (Å²) < 4.78 is 0. The number of aromatic nitrogens is 3. The summed E-state index contributed by atoms with van der Waals surface area (Å²) in [7, 11) is 0. The first-order valence-electron chi connectivity index (χ1n) is 8.30. The van der Waals surface area contributed by atoms with Crippen molar-refractivity contribution in [2.75, 3.05) is 5.73 Å². The second kappa shape index (κ2) is 6.80. The number of hydrogen-bond acceptors (Lipinski definition) is 6. The molecule has 4 rings (SSSR count). The minimum Gasteiger partial charge on any atom is -0.398 e. The van der Waals surface area contributed by atoms with Crippen molar-refractivity contribution in [3.05, 3.63) is 88.4 Å². The molecule has 0 bridgehead atoms. The number of nitrogens with zero attached hydrogens (tertiary/aromatic N) is 4. The molecule has 0 saturated carbocycles. The number of pyridine rings is 1. The number of nitro benzene ring substituents is 1. The molecule has 0 spiro atoms. The monoisotopic (exact) mass is 357 g/mol. The Balaban J connectivity index is 1.88. The van der Waals surface area contributed by atoms with Gasteiger partial charge in [0.1, 0.15) is 0 Å². The topological polar surface area (TPSA) is 108 Å². The van der Waals surface area contributed by atoms with Crippen molar-refractivity contribution < 1.29 is 4.92 Å². The number of benzene rings is 2. The molecule has 2 aromatic heterocycles. The highest BCUT2D eigenvalue weighted by molar-refractivity contribution is 5.93. The van der Waals surface area contributed by atoms with Gasteiger partial charge in [0.05, 0.1) is 16.1 Å². The molecule has 0 fully saturated rings. The number of nitro groups is 1. The third-order valence-electron chi connectivity index (χ3n) is 4.24. The van der Waals surface area contributed by atoms with E-state index in [2.05, 4.69) is 9.97 Å². The lowest BCUT2D eigenvalue weighted by molar-refractivity contribution is -0.384. The van der Waals surface area contributed by atoms with Gasteiger partial charge in [-0.2, -0.15) is 0 Å². The second-order valence-electron chi connectivity index (χ2n) is 6.08. The van der Waals surface area contributed by atoms with Crippen LogP contribution >= 0.6 is 0 Å². The Hall–Kier alpha value is -3.87. The van der Waals surface area contributed by atoms with Gasteiger partial charge in [0.15, 0.2) is 5.82 Å². The van der Waals surface area contributed by atoms with E-state index in [1.54, 1.807) is 30.6 Å². The summed E-state index contributed by atoms with van der Waals surface area (Å²) in [6.07, 6.45) is 3.79. The van der Waals surface area contributed by atoms with Crippen molar-refractivity contribution >= 4 is 22.3 Å². The van der Waals surface area contributed by atoms with Crippen molar-refractivity contribution in [3.63, 3.8) is 0 Å². The molecule has 2 heterocycles. The third-order valence-corrected chi connectivity index (χ3v) is 4.24. The number of fused-ring (bicyclic) bond motifs is 1. The lowest BCUT2D eigenvalue weighted by Gasteiger charge is -2.11. The predicted octanol–water partition coefficient (Wildman–Crippen LogP) is 3.77. The zero-order valence-corrected chi connectivity index (χ0v) is 14.2. The van der Waals surface area contributed by atoms with Crippen LogP contribution < -0.4 is 5.73 Å². The second-order valence-corrected chi connectivity index (χ2v) is 6.08. The summed E-state index contributed by atoms with van der Waals surface area (Å²) in [5.41, 5.74) is 9.82. The fourth-order valence-electron chi connectivity index (χ4n) is 3.01. The van der Waals surface area contributed by atoms with Gasteiger partial charge in [0.2, 0.25) is 0 Å². The molecule has 0 aliphatic heterocycles. The van der Waals surface area contributed by atoms with Crippen LogP contribution in [0.5, 0.6) is 0 Å². The molecule has 0 atom stereocenters. The molecular weight excluding hydrogens is 342 g/mol. The fourth-order valence-corrected chi connectivity index (χ4v) is 3.01. The average Bonchev–Trinajstić information content (AvgIpc) is 2.68. The molecule has 0 unspecified atom stereocenters. The molecule has 27 heavy (non-hydrogen) atoms. The quantitative estimate of drug-likeness (QED) is 0.338. The number of nitrogen functional groups attached to an aromatic ring is 1. The number of nitrogens with two attached hydrogens (primary N) is 1. The standard InChI is InChI=1S/C20H15N5O2/c21-16-7-2-8-17-19(16)18(11-13-4-1-6-15(10-13)25(26)27)24-20(23-17)14-5-3-9-22-12-14/h1-10,12H,11,21H2. The van der Waals surface area contributed by atoms with Crippen molar-refractivity contribution in [2.45, 2.75) is 6.42 Å². The van der Waals surface area contributed by atoms with Gasteiger partial charge < -0.3 is 5.73 Å². The highest BCUT2D eigenvalue weighted by Gasteiger charge is 2.14. The molecule has 0 aliphatic rings. The Kier molecular flexibility index (Phi) is 4.18. The van der Waals surface area contributed by atoms with Crippen molar-refractivity contribution in [2.24, 2.45) is 0 Å². The summed E-state index contributed by atoms with van der Waals surface area (Å²) in [5, 5.41) is 11.8. The van der Waals surface area contributed by atoms with E-state index in [9.17, 15) is 10.1 Å². The lowest BCUT2D eigenvalue weighted by Crippen LogP contribution is -2.02. The molecule has 7 nitrogen and oxygen atoms in total. The van der Waals surface area contributed by atoms with Gasteiger partial charge in [0.25, 0.3) is 5.69 Å². The van der Waals surface area contributed by atoms with Gasteiger partial charge in [-0.15, -0.1) is 0 Å². The summed E-state index contributed by atoms with van der Waals surface area (Å²) in [6, 6.07) is 15.8. The van der Waals surface area contributed by atoms with E-state index in [1.165, 1.54) is 6.07 Å². The normalized spacial score (nSPS) is 10.8. The fraction of sp³-hybridized carbons (Fsp3) is 0.0500. The first-order valence-corrected chi connectivity index (χ1v) is 8.30. The maximum atomic E-state index is 11.1. The molecule has 132 valence electrons. The van der Waals surface area contributed by atoms with E-state index in [-0.39, 0.29) is 5.69 Å². The van der Waals surface area contributed by atoms with Crippen LogP contribution in [0.4, 0.5) is 11.4 Å². The number of rotatable bonds is 4. The van der Waals surface area contributed by atoms with Crippen LogP contribution in [0.1, 0.15) is 11.3 Å². The van der Waals surface area contributed by atoms with Crippen LogP contribution in [-0.4, -0.2) is 19.9 Å². The molecular formula is C20H15N5O2. The zero-order valence-electron chi connectivity index (χ0n) is 14.2. The van der Waals surface area contributed by atoms with E-state index in [4.69, 9.17) is 10.7 Å². The largest absolute Gasteiger partial charge is 0.398 e. The van der Waals surface area contributed by atoms with Gasteiger partial charge in [-0.05, 0) is 29.8 Å². The highest BCUT2D eigenvalue weighted by Crippen LogP contribution is 2.28. The van der Waals surface area contributed by atoms with Crippen LogP contribution in [0.3, 0.4) is 0 Å². The van der Waals surface area contributed by atoms with Gasteiger partial charge in [0, 0.05) is 47.6 Å². The Bertz CT molecular complexity index is 1150. The maximum Gasteiger partial charge on any atom is 0.269 e. The van der Waals surface area contributed by atoms with Crippen LogP contribution in [0.2, 0.25) is 0 Å². The highest BCUT2D eigenvalue weighted by atomic mass is 16.6. The molecule has 2 N–H and O–H groups in total. The molecule has 0 saturated heterocycles. The smallest absolute Gasteiger partial charge is 0.269 e. The van der Waals surface area contributed by atoms with Crippen LogP contribution in [-0.2, 0) is 6.42 Å². The minimum absolute atomic E-state index is 0.0475. The third kappa shape index (κ3) is 3.30. The van der Waals surface area contributed by atoms with Crippen LogP contribution in [0.25, 0.3) is 22.3 Å². The Morgan fingerprint density at radius 2 is 1.89 bits per heavy atom. The number of anilines is 1. The minimum atomic E-state index is -0.406. The van der Waals surface area contributed by atoms with E-state index < -0.39 is 4.92 Å². The van der Waals surface area contributed by atoms with Crippen LogP contribution in [0, 0.1) is 10.1 Å². The maximum absolute atomic E-state index is 11.1. The van der Waals surface area contributed by atoms with E-state index in [0.717, 1.165) is 27.7 Å².